The normalized spacial score (nSPS) is 12.9. The highest BCUT2D eigenvalue weighted by molar-refractivity contribution is 5.91. The molecule has 158 valence electrons. The number of rotatable bonds is 11. The van der Waals surface area contributed by atoms with E-state index in [4.69, 9.17) is 5.21 Å². The number of hydroxylamine groups is 1. The molecule has 5 N–H and O–H groups in total. The maximum absolute atomic E-state index is 12.9. The van der Waals surface area contributed by atoms with Crippen molar-refractivity contribution in [2.24, 2.45) is 5.92 Å². The van der Waals surface area contributed by atoms with E-state index in [9.17, 15) is 14.4 Å². The van der Waals surface area contributed by atoms with E-state index in [1.165, 1.54) is 7.05 Å². The van der Waals surface area contributed by atoms with Crippen molar-refractivity contribution in [2.45, 2.75) is 51.5 Å². The zero-order valence-corrected chi connectivity index (χ0v) is 17.0. The van der Waals surface area contributed by atoms with Gasteiger partial charge in [-0.2, -0.15) is 0 Å². The molecule has 0 spiro atoms. The molecule has 2 rings (SSSR count). The fourth-order valence-corrected chi connectivity index (χ4v) is 3.43. The summed E-state index contributed by atoms with van der Waals surface area (Å²) in [7, 11) is 1.52. The third kappa shape index (κ3) is 6.32. The Hall–Kier alpha value is -2.87. The molecule has 0 fully saturated rings. The summed E-state index contributed by atoms with van der Waals surface area (Å²) in [4.78, 5) is 40.0. The first-order valence-corrected chi connectivity index (χ1v) is 10.00. The minimum Gasteiger partial charge on any atom is -0.361 e. The number of hydrogen-bond acceptors (Lipinski definition) is 4. The molecule has 2 atom stereocenters. The van der Waals surface area contributed by atoms with E-state index in [2.05, 4.69) is 22.5 Å². The number of unbranched alkanes of at least 4 members (excludes halogenated alkanes) is 2. The number of carbonyl (C=O) groups is 3. The summed E-state index contributed by atoms with van der Waals surface area (Å²) in [5, 5.41) is 15.2. The highest BCUT2D eigenvalue weighted by Crippen LogP contribution is 2.20. The van der Waals surface area contributed by atoms with Crippen molar-refractivity contribution in [2.75, 3.05) is 7.05 Å². The van der Waals surface area contributed by atoms with Crippen LogP contribution in [0.3, 0.4) is 0 Å². The Morgan fingerprint density at radius 2 is 1.90 bits per heavy atom. The number of amides is 3. The first-order valence-electron chi connectivity index (χ1n) is 10.00. The molecule has 0 saturated carbocycles. The van der Waals surface area contributed by atoms with Gasteiger partial charge in [-0.15, -0.1) is 0 Å². The van der Waals surface area contributed by atoms with Crippen LogP contribution >= 0.6 is 0 Å². The number of para-hydroxylation sites is 1. The summed E-state index contributed by atoms with van der Waals surface area (Å²) in [5.41, 5.74) is 3.46. The van der Waals surface area contributed by atoms with Crippen molar-refractivity contribution < 1.29 is 19.6 Å². The summed E-state index contributed by atoms with van der Waals surface area (Å²) in [6.45, 7) is 2.05. The molecular weight excluding hydrogens is 372 g/mol. The molecule has 8 heteroatoms. The second-order valence-corrected chi connectivity index (χ2v) is 7.17. The topological polar surface area (TPSA) is 123 Å². The zero-order chi connectivity index (χ0) is 21.2. The lowest BCUT2D eigenvalue weighted by atomic mass is 9.95. The number of benzene rings is 1. The average Bonchev–Trinajstić information content (AvgIpc) is 3.14. The van der Waals surface area contributed by atoms with Gasteiger partial charge in [0.05, 0.1) is 0 Å². The van der Waals surface area contributed by atoms with Crippen LogP contribution in [-0.2, 0) is 20.8 Å². The number of nitrogens with one attached hydrogen (secondary N) is 4. The smallest absolute Gasteiger partial charge is 0.244 e. The van der Waals surface area contributed by atoms with Crippen molar-refractivity contribution in [1.29, 1.82) is 0 Å². The molecule has 29 heavy (non-hydrogen) atoms. The monoisotopic (exact) mass is 402 g/mol. The average molecular weight is 402 g/mol. The number of fused-ring (bicyclic) bond motifs is 1. The number of likely N-dealkylation sites (N-methyl/N-ethyl adjacent to an activating group) is 1. The van der Waals surface area contributed by atoms with Crippen LogP contribution in [-0.4, -0.2) is 41.0 Å². The number of carbonyl (C=O) groups excluding carboxylic acids is 3. The number of H-pyrrole nitrogens is 1. The highest BCUT2D eigenvalue weighted by Gasteiger charge is 2.27. The second-order valence-electron chi connectivity index (χ2n) is 7.17. The standard InChI is InChI=1S/C21H30N4O4/c1-3-4-5-8-14(12-19(26)25-29)20(27)24-18(21(28)22-2)11-15-13-23-17-10-7-6-9-16(15)17/h6-7,9-10,13-14,18,23,29H,3-5,8,11-12H2,1-2H3,(H,22,28)(H,24,27)(H,25,26)/t14-,18+/m1/s1. The van der Waals surface area contributed by atoms with Crippen molar-refractivity contribution in [1.82, 2.24) is 21.1 Å². The zero-order valence-electron chi connectivity index (χ0n) is 17.0. The molecule has 3 amide bonds. The van der Waals surface area contributed by atoms with E-state index in [1.54, 1.807) is 5.48 Å². The Kier molecular flexibility index (Phi) is 8.67. The van der Waals surface area contributed by atoms with Crippen LogP contribution in [0.2, 0.25) is 0 Å². The van der Waals surface area contributed by atoms with Crippen LogP contribution in [0.1, 0.15) is 44.6 Å². The molecule has 1 aromatic carbocycles. The maximum Gasteiger partial charge on any atom is 0.244 e. The molecule has 1 aromatic heterocycles. The largest absolute Gasteiger partial charge is 0.361 e. The molecule has 0 radical (unpaired) electrons. The minimum atomic E-state index is -0.766. The van der Waals surface area contributed by atoms with Gasteiger partial charge >= 0.3 is 0 Å². The van der Waals surface area contributed by atoms with E-state index >= 15 is 0 Å². The van der Waals surface area contributed by atoms with E-state index in [-0.39, 0.29) is 18.2 Å². The minimum absolute atomic E-state index is 0.125. The summed E-state index contributed by atoms with van der Waals surface area (Å²) >= 11 is 0. The van der Waals surface area contributed by atoms with Crippen molar-refractivity contribution >= 4 is 28.6 Å². The van der Waals surface area contributed by atoms with Crippen LogP contribution in [0.4, 0.5) is 0 Å². The number of aromatic nitrogens is 1. The third-order valence-electron chi connectivity index (χ3n) is 5.06. The predicted molar refractivity (Wildman–Crippen MR) is 110 cm³/mol. The fourth-order valence-electron chi connectivity index (χ4n) is 3.43. The molecule has 0 bridgehead atoms. The van der Waals surface area contributed by atoms with Gasteiger partial charge in [-0.3, -0.25) is 19.6 Å². The molecule has 0 unspecified atom stereocenters. The first-order chi connectivity index (χ1) is 14.0. The Bertz CT molecular complexity index is 833. The van der Waals surface area contributed by atoms with E-state index in [0.29, 0.717) is 12.8 Å². The quantitative estimate of drug-likeness (QED) is 0.224. The van der Waals surface area contributed by atoms with Crippen LogP contribution < -0.4 is 16.1 Å². The van der Waals surface area contributed by atoms with Crippen LogP contribution in [0.5, 0.6) is 0 Å². The Morgan fingerprint density at radius 1 is 1.14 bits per heavy atom. The van der Waals surface area contributed by atoms with Gasteiger partial charge in [0.2, 0.25) is 17.7 Å². The SMILES string of the molecule is CCCCC[C@H](CC(=O)NO)C(=O)N[C@@H](Cc1c[nH]c2ccccc12)C(=O)NC. The summed E-state index contributed by atoms with van der Waals surface area (Å²) in [5.74, 6) is -1.89. The Labute approximate surface area is 170 Å². The molecule has 8 nitrogen and oxygen atoms in total. The maximum atomic E-state index is 12.9. The van der Waals surface area contributed by atoms with Gasteiger partial charge in [-0.05, 0) is 18.1 Å². The Morgan fingerprint density at radius 3 is 2.59 bits per heavy atom. The van der Waals surface area contributed by atoms with Gasteiger partial charge in [0.1, 0.15) is 6.04 Å². The molecule has 0 aliphatic carbocycles. The van der Waals surface area contributed by atoms with Crippen LogP contribution in [0.25, 0.3) is 10.9 Å². The lowest BCUT2D eigenvalue weighted by Gasteiger charge is -2.21. The second kappa shape index (κ2) is 11.2. The summed E-state index contributed by atoms with van der Waals surface area (Å²) in [6, 6.07) is 6.99. The molecule has 1 heterocycles. The fraction of sp³-hybridized carbons (Fsp3) is 0.476. The first kappa shape index (κ1) is 22.4. The van der Waals surface area contributed by atoms with Gasteiger partial charge in [0.25, 0.3) is 0 Å². The van der Waals surface area contributed by atoms with Gasteiger partial charge in [-0.1, -0.05) is 44.4 Å². The number of aromatic amines is 1. The van der Waals surface area contributed by atoms with Crippen molar-refractivity contribution in [3.8, 4) is 0 Å². The van der Waals surface area contributed by atoms with Crippen molar-refractivity contribution in [3.63, 3.8) is 0 Å². The van der Waals surface area contributed by atoms with Gasteiger partial charge in [-0.25, -0.2) is 5.48 Å². The van der Waals surface area contributed by atoms with E-state index in [0.717, 1.165) is 35.7 Å². The van der Waals surface area contributed by atoms with E-state index < -0.39 is 17.9 Å². The third-order valence-corrected chi connectivity index (χ3v) is 5.06. The Balaban J connectivity index is 2.14. The van der Waals surface area contributed by atoms with Gasteiger partial charge < -0.3 is 15.6 Å². The van der Waals surface area contributed by atoms with Crippen LogP contribution in [0.15, 0.2) is 30.5 Å². The van der Waals surface area contributed by atoms with Gasteiger partial charge in [0, 0.05) is 42.9 Å². The van der Waals surface area contributed by atoms with Crippen LogP contribution in [0, 0.1) is 5.92 Å². The number of hydrogen-bond donors (Lipinski definition) is 5. The molecule has 2 aromatic rings. The van der Waals surface area contributed by atoms with Crippen molar-refractivity contribution in [3.05, 3.63) is 36.0 Å². The predicted octanol–water partition coefficient (Wildman–Crippen LogP) is 2.03. The molecule has 0 aliphatic heterocycles. The highest BCUT2D eigenvalue weighted by atomic mass is 16.5. The summed E-state index contributed by atoms with van der Waals surface area (Å²) in [6.07, 6.45) is 5.27. The molecule has 0 aliphatic rings. The molecular formula is C21H30N4O4. The lowest BCUT2D eigenvalue weighted by molar-refractivity contribution is -0.136. The van der Waals surface area contributed by atoms with E-state index in [1.807, 2.05) is 30.5 Å². The lowest BCUT2D eigenvalue weighted by Crippen LogP contribution is -2.49. The summed E-state index contributed by atoms with van der Waals surface area (Å²) < 4.78 is 0. The molecule has 0 saturated heterocycles. The van der Waals surface area contributed by atoms with Gasteiger partial charge in [0.15, 0.2) is 0 Å².